The summed E-state index contributed by atoms with van der Waals surface area (Å²) in [5.74, 6) is -2.08. The molecule has 0 aliphatic carbocycles. The third kappa shape index (κ3) is 3.64. The van der Waals surface area contributed by atoms with Crippen molar-refractivity contribution in [3.63, 3.8) is 0 Å². The fourth-order valence-corrected chi connectivity index (χ4v) is 4.60. The van der Waals surface area contributed by atoms with Gasteiger partial charge in [0.15, 0.2) is 16.4 Å². The van der Waals surface area contributed by atoms with E-state index < -0.39 is 34.2 Å². The first kappa shape index (κ1) is 15.8. The van der Waals surface area contributed by atoms with Crippen LogP contribution in [0.25, 0.3) is 11.0 Å². The summed E-state index contributed by atoms with van der Waals surface area (Å²) in [6.07, 6.45) is 0.243. The maximum Gasteiger partial charge on any atom is 0.310 e. The van der Waals surface area contributed by atoms with Crippen LogP contribution in [-0.4, -0.2) is 47.2 Å². The van der Waals surface area contributed by atoms with Gasteiger partial charge in [0.2, 0.25) is 0 Å². The average Bonchev–Trinajstić information content (AvgIpc) is 3.11. The maximum atomic E-state index is 11.9. The zero-order chi connectivity index (χ0) is 16.4. The molecular weight excluding hydrogens is 342 g/mol. The summed E-state index contributed by atoms with van der Waals surface area (Å²) < 4.78 is 35.7. The van der Waals surface area contributed by atoms with Crippen LogP contribution >= 0.6 is 11.7 Å². The van der Waals surface area contributed by atoms with Crippen molar-refractivity contribution in [3.8, 4) is 0 Å². The monoisotopic (exact) mass is 355 g/mol. The Morgan fingerprint density at radius 3 is 2.91 bits per heavy atom. The summed E-state index contributed by atoms with van der Waals surface area (Å²) in [7, 11) is -3.16. The van der Waals surface area contributed by atoms with Crippen LogP contribution in [0, 0.1) is 5.92 Å². The Bertz CT molecular complexity index is 861. The van der Waals surface area contributed by atoms with Crippen molar-refractivity contribution in [2.45, 2.75) is 6.42 Å². The van der Waals surface area contributed by atoms with Crippen LogP contribution in [0.4, 0.5) is 5.69 Å². The van der Waals surface area contributed by atoms with Gasteiger partial charge in [-0.2, -0.15) is 8.75 Å². The summed E-state index contributed by atoms with van der Waals surface area (Å²) in [5, 5.41) is 2.60. The first-order chi connectivity index (χ1) is 10.9. The Morgan fingerprint density at radius 2 is 2.17 bits per heavy atom. The molecule has 2 heterocycles. The Morgan fingerprint density at radius 1 is 1.35 bits per heavy atom. The van der Waals surface area contributed by atoms with Crippen molar-refractivity contribution in [1.29, 1.82) is 0 Å². The third-order valence-corrected chi connectivity index (χ3v) is 5.78. The van der Waals surface area contributed by atoms with E-state index in [1.165, 1.54) is 0 Å². The van der Waals surface area contributed by atoms with E-state index in [-0.39, 0.29) is 17.9 Å². The van der Waals surface area contributed by atoms with E-state index in [1.807, 2.05) is 0 Å². The molecule has 1 aliphatic rings. The molecule has 0 spiro atoms. The molecule has 8 nitrogen and oxygen atoms in total. The van der Waals surface area contributed by atoms with Crippen LogP contribution in [0.15, 0.2) is 18.2 Å². The smallest absolute Gasteiger partial charge is 0.310 e. The summed E-state index contributed by atoms with van der Waals surface area (Å²) in [6.45, 7) is -0.469. The Balaban J connectivity index is 1.56. The highest BCUT2D eigenvalue weighted by Gasteiger charge is 2.34. The number of ether oxygens (including phenoxy) is 1. The van der Waals surface area contributed by atoms with Crippen LogP contribution in [0.3, 0.4) is 0 Å². The number of sulfone groups is 1. The molecule has 2 aromatic rings. The minimum absolute atomic E-state index is 0.0161. The lowest BCUT2D eigenvalue weighted by atomic mass is 10.1. The first-order valence-corrected chi connectivity index (χ1v) is 9.38. The van der Waals surface area contributed by atoms with Crippen molar-refractivity contribution < 1.29 is 22.7 Å². The molecule has 23 heavy (non-hydrogen) atoms. The normalized spacial score (nSPS) is 19.6. The minimum Gasteiger partial charge on any atom is -0.455 e. The third-order valence-electron chi connectivity index (χ3n) is 3.47. The SMILES string of the molecule is O=C(COC(=O)C1CCS(=O)(=O)C1)Nc1cccc2nsnc12. The van der Waals surface area contributed by atoms with Crippen molar-refractivity contribution in [1.82, 2.24) is 8.75 Å². The Labute approximate surface area is 136 Å². The van der Waals surface area contributed by atoms with E-state index in [0.29, 0.717) is 16.7 Å². The second-order valence-corrected chi connectivity index (χ2v) is 7.95. The zero-order valence-corrected chi connectivity index (χ0v) is 13.5. The predicted octanol–water partition coefficient (Wildman–Crippen LogP) is 0.608. The Kier molecular flexibility index (Phi) is 4.26. The quantitative estimate of drug-likeness (QED) is 0.799. The first-order valence-electron chi connectivity index (χ1n) is 6.83. The van der Waals surface area contributed by atoms with E-state index in [2.05, 4.69) is 14.1 Å². The van der Waals surface area contributed by atoms with Crippen LogP contribution in [0.2, 0.25) is 0 Å². The van der Waals surface area contributed by atoms with Crippen molar-refractivity contribution in [2.75, 3.05) is 23.4 Å². The molecule has 1 unspecified atom stereocenters. The second-order valence-electron chi connectivity index (χ2n) is 5.19. The lowest BCUT2D eigenvalue weighted by Gasteiger charge is -2.09. The van der Waals surface area contributed by atoms with Gasteiger partial charge in [-0.1, -0.05) is 6.07 Å². The summed E-state index contributed by atoms with van der Waals surface area (Å²) >= 11 is 1.04. The van der Waals surface area contributed by atoms with Gasteiger partial charge in [0.1, 0.15) is 11.0 Å². The number of carbonyl (C=O) groups is 2. The lowest BCUT2D eigenvalue weighted by molar-refractivity contribution is -0.150. The van der Waals surface area contributed by atoms with Crippen LogP contribution in [-0.2, 0) is 24.2 Å². The number of hydrogen-bond acceptors (Lipinski definition) is 8. The van der Waals surface area contributed by atoms with E-state index in [9.17, 15) is 18.0 Å². The fourth-order valence-electron chi connectivity index (χ4n) is 2.33. The van der Waals surface area contributed by atoms with Gasteiger partial charge < -0.3 is 10.1 Å². The van der Waals surface area contributed by atoms with E-state index in [0.717, 1.165) is 11.7 Å². The van der Waals surface area contributed by atoms with Gasteiger partial charge in [0.25, 0.3) is 5.91 Å². The average molecular weight is 355 g/mol. The molecule has 1 aliphatic heterocycles. The zero-order valence-electron chi connectivity index (χ0n) is 11.9. The molecule has 1 amide bonds. The molecule has 1 aromatic carbocycles. The van der Waals surface area contributed by atoms with Crippen LogP contribution in [0.1, 0.15) is 6.42 Å². The molecule has 1 saturated heterocycles. The molecule has 1 fully saturated rings. The fraction of sp³-hybridized carbons (Fsp3) is 0.385. The number of amides is 1. The van der Waals surface area contributed by atoms with Gasteiger partial charge in [-0.05, 0) is 18.6 Å². The van der Waals surface area contributed by atoms with Gasteiger partial charge in [-0.15, -0.1) is 0 Å². The Hall–Kier alpha value is -2.07. The number of carbonyl (C=O) groups excluding carboxylic acids is 2. The number of nitrogens with zero attached hydrogens (tertiary/aromatic N) is 2. The van der Waals surface area contributed by atoms with E-state index in [4.69, 9.17) is 4.74 Å². The van der Waals surface area contributed by atoms with Crippen molar-refractivity contribution in [3.05, 3.63) is 18.2 Å². The van der Waals surface area contributed by atoms with Crippen LogP contribution in [0.5, 0.6) is 0 Å². The summed E-state index contributed by atoms with van der Waals surface area (Å²) in [5.41, 5.74) is 1.72. The predicted molar refractivity (Wildman–Crippen MR) is 83.8 cm³/mol. The highest BCUT2D eigenvalue weighted by Crippen LogP contribution is 2.21. The van der Waals surface area contributed by atoms with Gasteiger partial charge in [0.05, 0.1) is 34.8 Å². The van der Waals surface area contributed by atoms with E-state index in [1.54, 1.807) is 18.2 Å². The highest BCUT2D eigenvalue weighted by atomic mass is 32.2. The van der Waals surface area contributed by atoms with Gasteiger partial charge in [-0.3, -0.25) is 9.59 Å². The molecule has 0 saturated carbocycles. The van der Waals surface area contributed by atoms with Crippen molar-refractivity contribution >= 4 is 50.2 Å². The maximum absolute atomic E-state index is 11.9. The number of nitrogens with one attached hydrogen (secondary N) is 1. The highest BCUT2D eigenvalue weighted by molar-refractivity contribution is 7.91. The second kappa shape index (κ2) is 6.20. The van der Waals surface area contributed by atoms with E-state index >= 15 is 0 Å². The molecule has 10 heteroatoms. The summed E-state index contributed by atoms with van der Waals surface area (Å²) in [4.78, 5) is 23.6. The molecule has 0 bridgehead atoms. The van der Waals surface area contributed by atoms with Gasteiger partial charge in [0, 0.05) is 0 Å². The number of rotatable bonds is 4. The molecule has 1 atom stereocenters. The summed E-state index contributed by atoms with van der Waals surface area (Å²) in [6, 6.07) is 5.18. The topological polar surface area (TPSA) is 115 Å². The van der Waals surface area contributed by atoms with Gasteiger partial charge >= 0.3 is 5.97 Å². The molecule has 1 aromatic heterocycles. The molecule has 1 N–H and O–H groups in total. The number of esters is 1. The molecular formula is C13H13N3O5S2. The number of benzene rings is 1. The standard InChI is InChI=1S/C13H13N3O5S2/c17-11(6-21-13(18)8-4-5-23(19,20)7-8)14-9-2-1-3-10-12(9)16-22-15-10/h1-3,8H,4-7H2,(H,14,17). The molecule has 3 rings (SSSR count). The number of anilines is 1. The molecule has 0 radical (unpaired) electrons. The largest absolute Gasteiger partial charge is 0.455 e. The minimum atomic E-state index is -3.16. The van der Waals surface area contributed by atoms with Gasteiger partial charge in [-0.25, -0.2) is 8.42 Å². The number of aromatic nitrogens is 2. The van der Waals surface area contributed by atoms with Crippen molar-refractivity contribution in [2.24, 2.45) is 5.92 Å². The van der Waals surface area contributed by atoms with Crippen LogP contribution < -0.4 is 5.32 Å². The number of hydrogen-bond donors (Lipinski definition) is 1. The lowest BCUT2D eigenvalue weighted by Crippen LogP contribution is -2.25. The number of fused-ring (bicyclic) bond motifs is 1. The molecule has 122 valence electrons.